The van der Waals surface area contributed by atoms with Gasteiger partial charge in [0.1, 0.15) is 0 Å². The Kier molecular flexibility index (Phi) is 3.59. The second-order valence-corrected chi connectivity index (χ2v) is 7.87. The van der Waals surface area contributed by atoms with Crippen LogP contribution in [-0.4, -0.2) is 11.7 Å². The third-order valence-electron chi connectivity index (χ3n) is 6.13. The van der Waals surface area contributed by atoms with Gasteiger partial charge in [0.15, 0.2) is 0 Å². The first-order valence-corrected chi connectivity index (χ1v) is 10.1. The van der Waals surface area contributed by atoms with Crippen LogP contribution in [-0.2, 0) is 6.42 Å². The van der Waals surface area contributed by atoms with Crippen LogP contribution in [0.15, 0.2) is 91.0 Å². The highest BCUT2D eigenvalue weighted by molar-refractivity contribution is 6.16. The monoisotopic (exact) mass is 372 g/mol. The molecule has 0 aliphatic heterocycles. The lowest BCUT2D eigenvalue weighted by Crippen LogP contribution is -1.92. The standard InChI is InChI=1S/C28H20O/c29-11-10-18-6-3-7-21-16-27-23(15-26(18)21)9-8-22-14-24-12-19-4-1-2-5-20(19)13-25(24)17-28(22)27/h1-9,12-17,29H,10-11H2. The molecule has 0 aliphatic rings. The Bertz CT molecular complexity index is 1560. The molecule has 0 aliphatic carbocycles. The fourth-order valence-electron chi connectivity index (χ4n) is 4.68. The molecular formula is C28H20O. The highest BCUT2D eigenvalue weighted by atomic mass is 16.2. The molecule has 138 valence electrons. The fourth-order valence-corrected chi connectivity index (χ4v) is 4.68. The highest BCUT2D eigenvalue weighted by Crippen LogP contribution is 2.34. The third kappa shape index (κ3) is 2.59. The Labute approximate surface area is 168 Å². The molecule has 0 unspecified atom stereocenters. The third-order valence-corrected chi connectivity index (χ3v) is 6.13. The maximum Gasteiger partial charge on any atom is 0.0471 e. The van der Waals surface area contributed by atoms with Crippen molar-refractivity contribution in [1.29, 1.82) is 0 Å². The normalized spacial score (nSPS) is 11.9. The number of fused-ring (bicyclic) bond motifs is 6. The van der Waals surface area contributed by atoms with Gasteiger partial charge in [0.2, 0.25) is 0 Å². The molecule has 0 heterocycles. The predicted octanol–water partition coefficient (Wildman–Crippen LogP) is 6.99. The van der Waals surface area contributed by atoms with E-state index in [-0.39, 0.29) is 6.61 Å². The van der Waals surface area contributed by atoms with Gasteiger partial charge in [-0.15, -0.1) is 0 Å². The maximum absolute atomic E-state index is 9.41. The van der Waals surface area contributed by atoms with Crippen molar-refractivity contribution in [2.24, 2.45) is 0 Å². The number of hydrogen-bond acceptors (Lipinski definition) is 1. The van der Waals surface area contributed by atoms with Crippen LogP contribution in [0.2, 0.25) is 0 Å². The summed E-state index contributed by atoms with van der Waals surface area (Å²) in [7, 11) is 0. The largest absolute Gasteiger partial charge is 0.396 e. The zero-order valence-corrected chi connectivity index (χ0v) is 16.0. The van der Waals surface area contributed by atoms with Crippen molar-refractivity contribution < 1.29 is 5.11 Å². The summed E-state index contributed by atoms with van der Waals surface area (Å²) in [5, 5.41) is 22.1. The molecule has 0 atom stereocenters. The van der Waals surface area contributed by atoms with Crippen molar-refractivity contribution in [3.8, 4) is 0 Å². The molecule has 0 spiro atoms. The lowest BCUT2D eigenvalue weighted by molar-refractivity contribution is 0.300. The topological polar surface area (TPSA) is 20.2 Å². The lowest BCUT2D eigenvalue weighted by Gasteiger charge is -2.11. The van der Waals surface area contributed by atoms with Crippen molar-refractivity contribution in [3.05, 3.63) is 96.6 Å². The summed E-state index contributed by atoms with van der Waals surface area (Å²) in [5.74, 6) is 0. The fraction of sp³-hybridized carbons (Fsp3) is 0.0714. The van der Waals surface area contributed by atoms with E-state index in [9.17, 15) is 5.11 Å². The number of aliphatic hydroxyl groups is 1. The molecule has 6 aromatic carbocycles. The SMILES string of the molecule is OCCc1cccc2cc3c(ccc4cc5cc6ccccc6cc5cc43)cc12. The minimum atomic E-state index is 0.175. The van der Waals surface area contributed by atoms with Crippen LogP contribution in [0.4, 0.5) is 0 Å². The summed E-state index contributed by atoms with van der Waals surface area (Å²) in [6, 6.07) is 33.2. The molecule has 0 aromatic heterocycles. The van der Waals surface area contributed by atoms with Crippen LogP contribution in [0.1, 0.15) is 5.56 Å². The van der Waals surface area contributed by atoms with E-state index in [4.69, 9.17) is 0 Å². The van der Waals surface area contributed by atoms with Crippen molar-refractivity contribution in [3.63, 3.8) is 0 Å². The molecule has 1 nitrogen and oxygen atoms in total. The summed E-state index contributed by atoms with van der Waals surface area (Å²) in [5.41, 5.74) is 1.21. The van der Waals surface area contributed by atoms with Gasteiger partial charge in [0.05, 0.1) is 0 Å². The van der Waals surface area contributed by atoms with E-state index >= 15 is 0 Å². The Morgan fingerprint density at radius 1 is 0.448 bits per heavy atom. The molecule has 0 saturated heterocycles. The van der Waals surface area contributed by atoms with E-state index < -0.39 is 0 Å². The summed E-state index contributed by atoms with van der Waals surface area (Å²) in [4.78, 5) is 0. The molecule has 6 rings (SSSR count). The van der Waals surface area contributed by atoms with Gasteiger partial charge in [-0.3, -0.25) is 0 Å². The maximum atomic E-state index is 9.41. The molecular weight excluding hydrogens is 352 g/mol. The van der Waals surface area contributed by atoms with E-state index in [0.717, 1.165) is 0 Å². The molecule has 0 fully saturated rings. The van der Waals surface area contributed by atoms with Gasteiger partial charge in [-0.25, -0.2) is 0 Å². The first-order chi connectivity index (χ1) is 14.3. The van der Waals surface area contributed by atoms with Crippen molar-refractivity contribution in [2.75, 3.05) is 6.61 Å². The molecule has 0 saturated carbocycles. The Morgan fingerprint density at radius 2 is 0.966 bits per heavy atom. The van der Waals surface area contributed by atoms with Gasteiger partial charge < -0.3 is 5.11 Å². The molecule has 0 radical (unpaired) electrons. The van der Waals surface area contributed by atoms with Gasteiger partial charge in [-0.1, -0.05) is 54.6 Å². The molecule has 0 amide bonds. The van der Waals surface area contributed by atoms with E-state index in [1.54, 1.807) is 0 Å². The summed E-state index contributed by atoms with van der Waals surface area (Å²) >= 11 is 0. The zero-order valence-electron chi connectivity index (χ0n) is 16.0. The van der Waals surface area contributed by atoms with Crippen LogP contribution >= 0.6 is 0 Å². The average Bonchev–Trinajstić information content (AvgIpc) is 2.75. The molecule has 29 heavy (non-hydrogen) atoms. The minimum Gasteiger partial charge on any atom is -0.396 e. The van der Waals surface area contributed by atoms with Crippen molar-refractivity contribution in [1.82, 2.24) is 0 Å². The second kappa shape index (κ2) is 6.30. The minimum absolute atomic E-state index is 0.175. The van der Waals surface area contributed by atoms with Crippen LogP contribution in [0, 0.1) is 0 Å². The number of rotatable bonds is 2. The van der Waals surface area contributed by atoms with Crippen LogP contribution in [0.3, 0.4) is 0 Å². The molecule has 6 aromatic rings. The predicted molar refractivity (Wildman–Crippen MR) is 125 cm³/mol. The van der Waals surface area contributed by atoms with E-state index in [1.165, 1.54) is 59.4 Å². The van der Waals surface area contributed by atoms with Gasteiger partial charge in [-0.05, 0) is 102 Å². The number of aliphatic hydroxyl groups excluding tert-OH is 1. The Balaban J connectivity index is 1.70. The van der Waals surface area contributed by atoms with Gasteiger partial charge in [0.25, 0.3) is 0 Å². The summed E-state index contributed by atoms with van der Waals surface area (Å²) < 4.78 is 0. The highest BCUT2D eigenvalue weighted by Gasteiger charge is 2.08. The van der Waals surface area contributed by atoms with Crippen LogP contribution in [0.25, 0.3) is 53.9 Å². The Hall–Kier alpha value is -3.42. The summed E-state index contributed by atoms with van der Waals surface area (Å²) in [6.07, 6.45) is 0.689. The van der Waals surface area contributed by atoms with Crippen LogP contribution < -0.4 is 0 Å². The quantitative estimate of drug-likeness (QED) is 0.257. The molecule has 0 bridgehead atoms. The average molecular weight is 372 g/mol. The van der Waals surface area contributed by atoms with Gasteiger partial charge >= 0.3 is 0 Å². The van der Waals surface area contributed by atoms with Crippen LogP contribution in [0.5, 0.6) is 0 Å². The smallest absolute Gasteiger partial charge is 0.0471 e. The van der Waals surface area contributed by atoms with Crippen molar-refractivity contribution in [2.45, 2.75) is 6.42 Å². The molecule has 1 N–H and O–H groups in total. The van der Waals surface area contributed by atoms with Gasteiger partial charge in [0, 0.05) is 6.61 Å². The first kappa shape index (κ1) is 16.5. The number of benzene rings is 6. The molecule has 1 heteroatoms. The van der Waals surface area contributed by atoms with E-state index in [0.29, 0.717) is 6.42 Å². The van der Waals surface area contributed by atoms with E-state index in [2.05, 4.69) is 91.0 Å². The van der Waals surface area contributed by atoms with E-state index in [1.807, 2.05) is 0 Å². The summed E-state index contributed by atoms with van der Waals surface area (Å²) in [6.45, 7) is 0.175. The first-order valence-electron chi connectivity index (χ1n) is 10.1. The van der Waals surface area contributed by atoms with Crippen molar-refractivity contribution >= 4 is 53.9 Å². The van der Waals surface area contributed by atoms with Gasteiger partial charge in [-0.2, -0.15) is 0 Å². The number of hydrogen-bond donors (Lipinski definition) is 1. The lowest BCUT2D eigenvalue weighted by atomic mass is 9.93. The second-order valence-electron chi connectivity index (χ2n) is 7.87. The Morgan fingerprint density at radius 3 is 1.69 bits per heavy atom. The zero-order chi connectivity index (χ0) is 19.4.